The van der Waals surface area contributed by atoms with Crippen molar-refractivity contribution in [3.05, 3.63) is 41.4 Å². The molecule has 1 fully saturated rings. The number of likely N-dealkylation sites (tertiary alicyclic amines) is 1. The van der Waals surface area contributed by atoms with Gasteiger partial charge in [-0.15, -0.1) is 11.3 Å². The molecule has 0 saturated carbocycles. The van der Waals surface area contributed by atoms with Crippen LogP contribution >= 0.6 is 11.3 Å². The van der Waals surface area contributed by atoms with Gasteiger partial charge < -0.3 is 19.7 Å². The molecule has 0 radical (unpaired) electrons. The van der Waals surface area contributed by atoms with Gasteiger partial charge in [0.2, 0.25) is 11.8 Å². The second-order valence-electron chi connectivity index (χ2n) is 6.95. The summed E-state index contributed by atoms with van der Waals surface area (Å²) in [7, 11) is 1.32. The van der Waals surface area contributed by atoms with Crippen molar-refractivity contribution in [3.63, 3.8) is 0 Å². The number of amides is 2. The predicted octanol–water partition coefficient (Wildman–Crippen LogP) is 2.50. The quantitative estimate of drug-likeness (QED) is 0.645. The summed E-state index contributed by atoms with van der Waals surface area (Å²) in [6.07, 6.45) is 1.61. The molecule has 0 unspecified atom stereocenters. The summed E-state index contributed by atoms with van der Waals surface area (Å²) in [4.78, 5) is 42.2. The molecule has 3 rings (SSSR count). The molecule has 1 aromatic heterocycles. The molecule has 1 aromatic carbocycles. The summed E-state index contributed by atoms with van der Waals surface area (Å²) in [5, 5.41) is 5.01. The maximum atomic E-state index is 12.5. The Morgan fingerprint density at radius 3 is 2.63 bits per heavy atom. The first-order valence-electron chi connectivity index (χ1n) is 9.83. The summed E-state index contributed by atoms with van der Waals surface area (Å²) in [5.41, 5.74) is 0.570. The van der Waals surface area contributed by atoms with E-state index < -0.39 is 0 Å². The van der Waals surface area contributed by atoms with E-state index >= 15 is 0 Å². The number of methoxy groups -OCH3 is 1. The van der Waals surface area contributed by atoms with Crippen molar-refractivity contribution in [2.24, 2.45) is 5.92 Å². The van der Waals surface area contributed by atoms with Gasteiger partial charge >= 0.3 is 5.97 Å². The molecule has 2 aromatic rings. The molecule has 160 valence electrons. The first-order valence-corrected chi connectivity index (χ1v) is 10.7. The molecular formula is C21H25N3O5S. The molecule has 30 heavy (non-hydrogen) atoms. The van der Waals surface area contributed by atoms with Crippen LogP contribution in [0.15, 0.2) is 35.7 Å². The van der Waals surface area contributed by atoms with Crippen LogP contribution in [0.2, 0.25) is 0 Å². The minimum Gasteiger partial charge on any atom is -0.493 e. The lowest BCUT2D eigenvalue weighted by Crippen LogP contribution is -2.41. The van der Waals surface area contributed by atoms with Gasteiger partial charge in [-0.05, 0) is 25.0 Å². The lowest BCUT2D eigenvalue weighted by Gasteiger charge is -2.31. The Morgan fingerprint density at radius 1 is 1.20 bits per heavy atom. The summed E-state index contributed by atoms with van der Waals surface area (Å²) >= 11 is 1.28. The van der Waals surface area contributed by atoms with E-state index in [1.807, 2.05) is 30.3 Å². The molecule has 2 heterocycles. The van der Waals surface area contributed by atoms with E-state index in [1.165, 1.54) is 18.4 Å². The van der Waals surface area contributed by atoms with E-state index in [2.05, 4.69) is 15.0 Å². The lowest BCUT2D eigenvalue weighted by molar-refractivity contribution is -0.139. The standard InChI is InChI=1S/C21H25N3O5S/c1-28-19(26)13-16-14-30-21(22-16)23-20(27)15-7-10-24(11-8-15)18(25)9-12-29-17-5-3-2-4-6-17/h2-6,14-15H,7-13H2,1H3,(H,22,23,27). The fraction of sp³-hybridized carbons (Fsp3) is 0.429. The predicted molar refractivity (Wildman–Crippen MR) is 112 cm³/mol. The number of carbonyl (C=O) groups excluding carboxylic acids is 3. The van der Waals surface area contributed by atoms with Gasteiger partial charge in [-0.25, -0.2) is 4.98 Å². The third-order valence-corrected chi connectivity index (χ3v) is 5.69. The number of hydrogen-bond acceptors (Lipinski definition) is 7. The number of nitrogens with one attached hydrogen (secondary N) is 1. The largest absolute Gasteiger partial charge is 0.493 e. The van der Waals surface area contributed by atoms with E-state index in [9.17, 15) is 14.4 Å². The third-order valence-electron chi connectivity index (χ3n) is 4.88. The first-order chi connectivity index (χ1) is 14.5. The number of carbonyl (C=O) groups is 3. The zero-order valence-corrected chi connectivity index (χ0v) is 17.7. The number of nitrogens with zero attached hydrogens (tertiary/aromatic N) is 2. The number of anilines is 1. The Labute approximate surface area is 179 Å². The average molecular weight is 432 g/mol. The van der Waals surface area contributed by atoms with Crippen LogP contribution in [0.25, 0.3) is 0 Å². The van der Waals surface area contributed by atoms with Crippen LogP contribution in [0.5, 0.6) is 5.75 Å². The SMILES string of the molecule is COC(=O)Cc1csc(NC(=O)C2CCN(C(=O)CCOc3ccccc3)CC2)n1. The first kappa shape index (κ1) is 21.8. The van der Waals surface area contributed by atoms with Crippen LogP contribution in [0, 0.1) is 5.92 Å². The van der Waals surface area contributed by atoms with E-state index in [-0.39, 0.29) is 30.1 Å². The van der Waals surface area contributed by atoms with Gasteiger partial charge in [0.05, 0.1) is 32.3 Å². The highest BCUT2D eigenvalue weighted by Crippen LogP contribution is 2.22. The van der Waals surface area contributed by atoms with Crippen molar-refractivity contribution in [3.8, 4) is 5.75 Å². The maximum Gasteiger partial charge on any atom is 0.311 e. The highest BCUT2D eigenvalue weighted by molar-refractivity contribution is 7.13. The average Bonchev–Trinajstić information content (AvgIpc) is 3.21. The van der Waals surface area contributed by atoms with Gasteiger partial charge in [0.25, 0.3) is 0 Å². The van der Waals surface area contributed by atoms with Crippen molar-refractivity contribution in [1.29, 1.82) is 0 Å². The number of esters is 1. The minimum absolute atomic E-state index is 0.0390. The summed E-state index contributed by atoms with van der Waals surface area (Å²) < 4.78 is 10.2. The number of hydrogen-bond donors (Lipinski definition) is 1. The van der Waals surface area contributed by atoms with Gasteiger partial charge in [-0.3, -0.25) is 14.4 Å². The van der Waals surface area contributed by atoms with Crippen molar-refractivity contribution in [1.82, 2.24) is 9.88 Å². The molecule has 8 nitrogen and oxygen atoms in total. The second kappa shape index (κ2) is 10.7. The molecule has 0 bridgehead atoms. The summed E-state index contributed by atoms with van der Waals surface area (Å²) in [6.45, 7) is 1.43. The van der Waals surface area contributed by atoms with Crippen LogP contribution < -0.4 is 10.1 Å². The van der Waals surface area contributed by atoms with E-state index in [4.69, 9.17) is 4.74 Å². The molecule has 1 N–H and O–H groups in total. The number of aromatic nitrogens is 1. The summed E-state index contributed by atoms with van der Waals surface area (Å²) in [6, 6.07) is 9.40. The van der Waals surface area contributed by atoms with E-state index in [0.717, 1.165) is 5.75 Å². The Morgan fingerprint density at radius 2 is 1.93 bits per heavy atom. The van der Waals surface area contributed by atoms with Crippen molar-refractivity contribution in [2.75, 3.05) is 32.1 Å². The van der Waals surface area contributed by atoms with Gasteiger partial charge in [0.1, 0.15) is 5.75 Å². The van der Waals surface area contributed by atoms with Gasteiger partial charge in [-0.1, -0.05) is 18.2 Å². The number of rotatable bonds is 8. The normalized spacial score (nSPS) is 14.2. The second-order valence-corrected chi connectivity index (χ2v) is 7.81. The lowest BCUT2D eigenvalue weighted by atomic mass is 9.96. The van der Waals surface area contributed by atoms with Gasteiger partial charge in [-0.2, -0.15) is 0 Å². The molecule has 0 aliphatic carbocycles. The molecule has 2 amide bonds. The molecular weight excluding hydrogens is 406 g/mol. The molecule has 1 saturated heterocycles. The number of benzene rings is 1. The smallest absolute Gasteiger partial charge is 0.311 e. The Bertz CT molecular complexity index is 863. The number of thiazole rings is 1. The molecule has 1 aliphatic heterocycles. The van der Waals surface area contributed by atoms with Crippen LogP contribution in [-0.2, 0) is 25.5 Å². The van der Waals surface area contributed by atoms with E-state index in [0.29, 0.717) is 49.8 Å². The fourth-order valence-electron chi connectivity index (χ4n) is 3.20. The van der Waals surface area contributed by atoms with Crippen molar-refractivity contribution >= 4 is 34.3 Å². The maximum absolute atomic E-state index is 12.5. The monoisotopic (exact) mass is 431 g/mol. The number of para-hydroxylation sites is 1. The Hall–Kier alpha value is -2.94. The van der Waals surface area contributed by atoms with Gasteiger partial charge in [0, 0.05) is 24.4 Å². The summed E-state index contributed by atoms with van der Waals surface area (Å²) in [5.74, 6) is 0.148. The number of piperidine rings is 1. The zero-order valence-electron chi connectivity index (χ0n) is 16.8. The van der Waals surface area contributed by atoms with Crippen molar-refractivity contribution in [2.45, 2.75) is 25.7 Å². The van der Waals surface area contributed by atoms with Crippen LogP contribution in [-0.4, -0.2) is 54.5 Å². The molecule has 1 aliphatic rings. The van der Waals surface area contributed by atoms with Crippen LogP contribution in [0.1, 0.15) is 25.0 Å². The molecule has 9 heteroatoms. The van der Waals surface area contributed by atoms with Crippen molar-refractivity contribution < 1.29 is 23.9 Å². The topological polar surface area (TPSA) is 97.8 Å². The molecule has 0 spiro atoms. The molecule has 0 atom stereocenters. The zero-order chi connectivity index (χ0) is 21.3. The Kier molecular flexibility index (Phi) is 7.78. The van der Waals surface area contributed by atoms with E-state index in [1.54, 1.807) is 10.3 Å². The minimum atomic E-state index is -0.371. The highest BCUT2D eigenvalue weighted by atomic mass is 32.1. The number of ether oxygens (including phenoxy) is 2. The fourth-order valence-corrected chi connectivity index (χ4v) is 3.91. The highest BCUT2D eigenvalue weighted by Gasteiger charge is 2.27. The van der Waals surface area contributed by atoms with Gasteiger partial charge in [0.15, 0.2) is 5.13 Å². The van der Waals surface area contributed by atoms with Crippen LogP contribution in [0.3, 0.4) is 0 Å². The third kappa shape index (κ3) is 6.28. The Balaban J connectivity index is 1.38. The van der Waals surface area contributed by atoms with Crippen LogP contribution in [0.4, 0.5) is 5.13 Å².